The molecule has 130 valence electrons. The van der Waals surface area contributed by atoms with Gasteiger partial charge in [0, 0.05) is 12.7 Å². The summed E-state index contributed by atoms with van der Waals surface area (Å²) >= 11 is 0. The zero-order valence-electron chi connectivity index (χ0n) is 14.0. The molecule has 1 rings (SSSR count). The first-order chi connectivity index (χ1) is 10.2. The van der Waals surface area contributed by atoms with E-state index in [2.05, 4.69) is 10.6 Å². The van der Waals surface area contributed by atoms with E-state index in [-0.39, 0.29) is 29.6 Å². The third kappa shape index (κ3) is 7.34. The molecule has 0 aliphatic heterocycles. The number of hydrogen-bond donors (Lipinski definition) is 3. The Morgan fingerprint density at radius 3 is 2.26 bits per heavy atom. The molecule has 4 N–H and O–H groups in total. The van der Waals surface area contributed by atoms with Crippen molar-refractivity contribution in [3.8, 4) is 5.75 Å². The Bertz CT molecular complexity index is 512. The summed E-state index contributed by atoms with van der Waals surface area (Å²) in [5, 5.41) is 5.30. The summed E-state index contributed by atoms with van der Waals surface area (Å²) in [6.45, 7) is 6.06. The summed E-state index contributed by atoms with van der Waals surface area (Å²) in [5.74, 6) is 0.350. The molecule has 0 aromatic heterocycles. The average Bonchev–Trinajstić information content (AvgIpc) is 2.47. The number of ether oxygens (including phenoxy) is 1. The van der Waals surface area contributed by atoms with Gasteiger partial charge in [-0.25, -0.2) is 0 Å². The number of nitrogens with one attached hydrogen (secondary N) is 2. The predicted octanol–water partition coefficient (Wildman–Crippen LogP) is 1.94. The molecule has 0 radical (unpaired) electrons. The van der Waals surface area contributed by atoms with Gasteiger partial charge in [0.1, 0.15) is 5.75 Å². The zero-order valence-corrected chi connectivity index (χ0v) is 14.8. The number of carbonyl (C=O) groups excluding carboxylic acids is 2. The highest BCUT2D eigenvalue weighted by molar-refractivity contribution is 5.95. The van der Waals surface area contributed by atoms with Gasteiger partial charge in [-0.1, -0.05) is 20.8 Å². The van der Waals surface area contributed by atoms with Crippen LogP contribution in [-0.4, -0.2) is 31.5 Å². The lowest BCUT2D eigenvalue weighted by Crippen LogP contribution is -2.45. The maximum atomic E-state index is 12.0. The minimum Gasteiger partial charge on any atom is -0.493 e. The fourth-order valence-corrected chi connectivity index (χ4v) is 1.63. The lowest BCUT2D eigenvalue weighted by atomic mass is 9.87. The molecule has 0 fully saturated rings. The molecule has 0 unspecified atom stereocenters. The van der Waals surface area contributed by atoms with E-state index in [1.165, 1.54) is 0 Å². The Balaban J connectivity index is 0.00000484. The summed E-state index contributed by atoms with van der Waals surface area (Å²) in [5.41, 5.74) is 6.26. The van der Waals surface area contributed by atoms with Crippen molar-refractivity contribution in [1.82, 2.24) is 5.32 Å². The maximum absolute atomic E-state index is 12.0. The number of amides is 2. The molecule has 0 heterocycles. The van der Waals surface area contributed by atoms with E-state index in [0.29, 0.717) is 24.5 Å². The van der Waals surface area contributed by atoms with Crippen LogP contribution in [0.3, 0.4) is 0 Å². The average molecular weight is 344 g/mol. The molecule has 7 heteroatoms. The lowest BCUT2D eigenvalue weighted by molar-refractivity contribution is -0.121. The Morgan fingerprint density at radius 2 is 1.78 bits per heavy atom. The van der Waals surface area contributed by atoms with E-state index in [4.69, 9.17) is 10.5 Å². The van der Waals surface area contributed by atoms with Gasteiger partial charge in [-0.2, -0.15) is 0 Å². The SMILES string of the molecule is CNC(=O)CCOc1ccc(NC(=O)[C@@H](N)C(C)(C)C)cc1.Cl. The van der Waals surface area contributed by atoms with Crippen LogP contribution >= 0.6 is 12.4 Å². The molecular weight excluding hydrogens is 318 g/mol. The first-order valence-corrected chi connectivity index (χ1v) is 7.24. The van der Waals surface area contributed by atoms with E-state index in [0.717, 1.165) is 0 Å². The highest BCUT2D eigenvalue weighted by Crippen LogP contribution is 2.20. The van der Waals surface area contributed by atoms with Gasteiger partial charge in [-0.3, -0.25) is 9.59 Å². The van der Waals surface area contributed by atoms with Crippen LogP contribution in [0, 0.1) is 5.41 Å². The standard InChI is InChI=1S/C16H25N3O3.ClH/c1-16(2,3)14(17)15(21)19-11-5-7-12(8-6-11)22-10-9-13(20)18-4;/h5-8,14H,9-10,17H2,1-4H3,(H,18,20)(H,19,21);1H/t14-;/m1./s1. The van der Waals surface area contributed by atoms with Gasteiger partial charge in [-0.05, 0) is 29.7 Å². The largest absolute Gasteiger partial charge is 0.493 e. The number of rotatable bonds is 6. The van der Waals surface area contributed by atoms with Crippen molar-refractivity contribution in [3.05, 3.63) is 24.3 Å². The van der Waals surface area contributed by atoms with Crippen LogP contribution in [0.2, 0.25) is 0 Å². The van der Waals surface area contributed by atoms with E-state index < -0.39 is 6.04 Å². The summed E-state index contributed by atoms with van der Waals surface area (Å²) in [6, 6.07) is 6.37. The van der Waals surface area contributed by atoms with Gasteiger partial charge in [0.15, 0.2) is 0 Å². The quantitative estimate of drug-likeness (QED) is 0.735. The van der Waals surface area contributed by atoms with Crippen LogP contribution in [0.25, 0.3) is 0 Å². The van der Waals surface area contributed by atoms with Crippen LogP contribution in [0.15, 0.2) is 24.3 Å². The van der Waals surface area contributed by atoms with Crippen LogP contribution in [-0.2, 0) is 9.59 Å². The molecule has 1 aromatic rings. The Kier molecular flexibility index (Phi) is 8.64. The molecule has 0 aliphatic rings. The molecule has 0 saturated carbocycles. The summed E-state index contributed by atoms with van der Waals surface area (Å²) in [4.78, 5) is 23.1. The summed E-state index contributed by atoms with van der Waals surface area (Å²) < 4.78 is 5.44. The smallest absolute Gasteiger partial charge is 0.241 e. The number of nitrogens with two attached hydrogens (primary N) is 1. The van der Waals surface area contributed by atoms with Crippen LogP contribution in [0.4, 0.5) is 5.69 Å². The highest BCUT2D eigenvalue weighted by atomic mass is 35.5. The molecule has 23 heavy (non-hydrogen) atoms. The second-order valence-electron chi connectivity index (χ2n) is 6.13. The molecule has 0 saturated heterocycles. The third-order valence-electron chi connectivity index (χ3n) is 3.21. The number of anilines is 1. The van der Waals surface area contributed by atoms with Gasteiger partial charge >= 0.3 is 0 Å². The monoisotopic (exact) mass is 343 g/mol. The molecular formula is C16H26ClN3O3. The van der Waals surface area contributed by atoms with Crippen molar-refractivity contribution < 1.29 is 14.3 Å². The van der Waals surface area contributed by atoms with Gasteiger partial charge in [0.2, 0.25) is 11.8 Å². The van der Waals surface area contributed by atoms with E-state index >= 15 is 0 Å². The second kappa shape index (κ2) is 9.37. The summed E-state index contributed by atoms with van der Waals surface area (Å²) in [7, 11) is 1.59. The zero-order chi connectivity index (χ0) is 16.8. The predicted molar refractivity (Wildman–Crippen MR) is 93.9 cm³/mol. The topological polar surface area (TPSA) is 93.5 Å². The first-order valence-electron chi connectivity index (χ1n) is 7.24. The lowest BCUT2D eigenvalue weighted by Gasteiger charge is -2.25. The van der Waals surface area contributed by atoms with Crippen LogP contribution in [0.1, 0.15) is 27.2 Å². The van der Waals surface area contributed by atoms with Crippen LogP contribution < -0.4 is 21.1 Å². The molecule has 1 atom stereocenters. The van der Waals surface area contributed by atoms with Crippen molar-refractivity contribution in [1.29, 1.82) is 0 Å². The van der Waals surface area contributed by atoms with Gasteiger partial charge < -0.3 is 21.1 Å². The second-order valence-corrected chi connectivity index (χ2v) is 6.13. The summed E-state index contributed by atoms with van der Waals surface area (Å²) in [6.07, 6.45) is 0.301. The van der Waals surface area contributed by atoms with Crippen molar-refractivity contribution >= 4 is 29.9 Å². The van der Waals surface area contributed by atoms with Crippen molar-refractivity contribution in [2.24, 2.45) is 11.1 Å². The molecule has 0 aliphatic carbocycles. The fraction of sp³-hybridized carbons (Fsp3) is 0.500. The minimum atomic E-state index is -0.587. The Labute approximate surface area is 143 Å². The van der Waals surface area contributed by atoms with E-state index in [1.54, 1.807) is 31.3 Å². The van der Waals surface area contributed by atoms with Crippen molar-refractivity contribution in [3.63, 3.8) is 0 Å². The maximum Gasteiger partial charge on any atom is 0.241 e. The van der Waals surface area contributed by atoms with Gasteiger partial charge in [0.25, 0.3) is 0 Å². The van der Waals surface area contributed by atoms with Crippen LogP contribution in [0.5, 0.6) is 5.75 Å². The highest BCUT2D eigenvalue weighted by Gasteiger charge is 2.27. The number of benzene rings is 1. The Hall–Kier alpha value is -1.79. The molecule has 0 bridgehead atoms. The van der Waals surface area contributed by atoms with Gasteiger partial charge in [0.05, 0.1) is 19.1 Å². The molecule has 2 amide bonds. The first kappa shape index (κ1) is 21.2. The van der Waals surface area contributed by atoms with Crippen molar-refractivity contribution in [2.45, 2.75) is 33.2 Å². The number of halogens is 1. The number of hydrogen-bond acceptors (Lipinski definition) is 4. The van der Waals surface area contributed by atoms with Crippen molar-refractivity contribution in [2.75, 3.05) is 19.0 Å². The number of carbonyl (C=O) groups is 2. The van der Waals surface area contributed by atoms with E-state index in [9.17, 15) is 9.59 Å². The minimum absolute atomic E-state index is 0. The third-order valence-corrected chi connectivity index (χ3v) is 3.21. The van der Waals surface area contributed by atoms with Gasteiger partial charge in [-0.15, -0.1) is 12.4 Å². The Morgan fingerprint density at radius 1 is 1.22 bits per heavy atom. The molecule has 1 aromatic carbocycles. The fourth-order valence-electron chi connectivity index (χ4n) is 1.63. The van der Waals surface area contributed by atoms with E-state index in [1.807, 2.05) is 20.8 Å². The molecule has 0 spiro atoms. The normalized spacial score (nSPS) is 11.9. The molecule has 6 nitrogen and oxygen atoms in total.